The minimum absolute atomic E-state index is 0.0812. The molecule has 4 nitrogen and oxygen atoms in total. The Morgan fingerprint density at radius 3 is 2.69 bits per heavy atom. The van der Waals surface area contributed by atoms with Crippen molar-refractivity contribution in [2.75, 3.05) is 22.4 Å². The number of ketones is 1. The summed E-state index contributed by atoms with van der Waals surface area (Å²) in [6.07, 6.45) is 4.02. The second kappa shape index (κ2) is 6.89. The van der Waals surface area contributed by atoms with Crippen LogP contribution in [-0.2, 0) is 15.0 Å². The van der Waals surface area contributed by atoms with Gasteiger partial charge in [0.1, 0.15) is 5.78 Å². The molecule has 3 aliphatic rings. The van der Waals surface area contributed by atoms with E-state index < -0.39 is 0 Å². The standard InChI is InChI=1S/C21H27IN2O2/c1-14(25)16-8-9-19-21(10-13-23(20(16)21)12-5-11-22)17-6-3-4-7-18(17)24(19)15(2)26/h3-4,6-7,16,19-20H,5,8-13H2,1-2H3/t16?,19-,20-,21-/m0/s1. The van der Waals surface area contributed by atoms with Crippen LogP contribution in [0.1, 0.15) is 45.1 Å². The van der Waals surface area contributed by atoms with Gasteiger partial charge in [-0.2, -0.15) is 0 Å². The topological polar surface area (TPSA) is 40.6 Å². The van der Waals surface area contributed by atoms with Crippen LogP contribution in [0.2, 0.25) is 0 Å². The molecule has 26 heavy (non-hydrogen) atoms. The van der Waals surface area contributed by atoms with E-state index in [4.69, 9.17) is 0 Å². The minimum atomic E-state index is -0.0812. The van der Waals surface area contributed by atoms with E-state index in [9.17, 15) is 9.59 Å². The quantitative estimate of drug-likeness (QED) is 0.504. The molecule has 4 rings (SSSR count). The van der Waals surface area contributed by atoms with E-state index >= 15 is 0 Å². The first kappa shape index (κ1) is 18.4. The number of fused-ring (bicyclic) bond motifs is 1. The second-order valence-corrected chi connectivity index (χ2v) is 9.11. The maximum Gasteiger partial charge on any atom is 0.224 e. The molecule has 4 atom stereocenters. The van der Waals surface area contributed by atoms with Crippen molar-refractivity contribution in [3.8, 4) is 0 Å². The molecular weight excluding hydrogens is 439 g/mol. The fraction of sp³-hybridized carbons (Fsp3) is 0.619. The molecule has 1 amide bonds. The number of carbonyl (C=O) groups is 2. The minimum Gasteiger partial charge on any atom is -0.308 e. The molecule has 5 heteroatoms. The van der Waals surface area contributed by atoms with E-state index in [0.29, 0.717) is 5.78 Å². The summed E-state index contributed by atoms with van der Waals surface area (Å²) < 4.78 is 1.14. The van der Waals surface area contributed by atoms with Gasteiger partial charge in [-0.15, -0.1) is 0 Å². The fourth-order valence-corrected chi connectivity index (χ4v) is 6.42. The Morgan fingerprint density at radius 1 is 1.23 bits per heavy atom. The highest BCUT2D eigenvalue weighted by Gasteiger charge is 2.64. The third-order valence-electron chi connectivity index (χ3n) is 6.88. The molecule has 1 saturated carbocycles. The number of nitrogens with zero attached hydrogens (tertiary/aromatic N) is 2. The summed E-state index contributed by atoms with van der Waals surface area (Å²) in [5, 5.41) is 0. The summed E-state index contributed by atoms with van der Waals surface area (Å²) in [5.41, 5.74) is 2.30. The summed E-state index contributed by atoms with van der Waals surface area (Å²) in [7, 11) is 0. The van der Waals surface area contributed by atoms with E-state index in [0.717, 1.165) is 48.9 Å². The van der Waals surface area contributed by atoms with Crippen LogP contribution in [0.3, 0.4) is 0 Å². The Morgan fingerprint density at radius 2 is 2.00 bits per heavy atom. The first-order valence-corrected chi connectivity index (χ1v) is 11.2. The van der Waals surface area contributed by atoms with Crippen molar-refractivity contribution >= 4 is 40.0 Å². The first-order valence-electron chi connectivity index (χ1n) is 9.72. The number of hydrogen-bond donors (Lipinski definition) is 0. The largest absolute Gasteiger partial charge is 0.308 e. The first-order chi connectivity index (χ1) is 12.5. The molecule has 1 saturated heterocycles. The van der Waals surface area contributed by atoms with Crippen LogP contribution in [-0.4, -0.2) is 46.2 Å². The highest BCUT2D eigenvalue weighted by molar-refractivity contribution is 14.1. The number of amides is 1. The molecular formula is C21H27IN2O2. The number of rotatable bonds is 4. The van der Waals surface area contributed by atoms with Crippen molar-refractivity contribution in [3.05, 3.63) is 29.8 Å². The van der Waals surface area contributed by atoms with E-state index in [1.165, 1.54) is 5.56 Å². The molecule has 0 radical (unpaired) electrons. The number of Topliss-reactive ketones (excluding diaryl/α,β-unsaturated/α-hetero) is 1. The van der Waals surface area contributed by atoms with Gasteiger partial charge in [0.05, 0.1) is 0 Å². The Bertz CT molecular complexity index is 736. The van der Waals surface area contributed by atoms with Crippen LogP contribution >= 0.6 is 22.6 Å². The predicted molar refractivity (Wildman–Crippen MR) is 112 cm³/mol. The molecule has 0 bridgehead atoms. The molecule has 140 valence electrons. The zero-order chi connectivity index (χ0) is 18.5. The Labute approximate surface area is 169 Å². The highest BCUT2D eigenvalue weighted by atomic mass is 127. The average molecular weight is 466 g/mol. The SMILES string of the molecule is CC(=O)C1CC[C@@H]2N(C(C)=O)c3ccccc3[C@@]23CCN(CCCI)[C@@H]13. The molecule has 2 aliphatic heterocycles. The normalized spacial score (nSPS) is 32.9. The average Bonchev–Trinajstić information content (AvgIpc) is 3.14. The fourth-order valence-electron chi connectivity index (χ4n) is 6.08. The van der Waals surface area contributed by atoms with Gasteiger partial charge in [0.2, 0.25) is 5.91 Å². The smallest absolute Gasteiger partial charge is 0.224 e. The number of hydrogen-bond acceptors (Lipinski definition) is 3. The van der Waals surface area contributed by atoms with Crippen LogP contribution < -0.4 is 4.90 Å². The Balaban J connectivity index is 1.86. The van der Waals surface area contributed by atoms with Crippen LogP contribution in [0, 0.1) is 5.92 Å². The number of carbonyl (C=O) groups excluding carboxylic acids is 2. The number of halogens is 1. The lowest BCUT2D eigenvalue weighted by Crippen LogP contribution is -2.60. The summed E-state index contributed by atoms with van der Waals surface area (Å²) in [4.78, 5) is 29.7. The molecule has 1 unspecified atom stereocenters. The van der Waals surface area contributed by atoms with Crippen molar-refractivity contribution in [2.24, 2.45) is 5.92 Å². The van der Waals surface area contributed by atoms with Gasteiger partial charge in [-0.25, -0.2) is 0 Å². The third-order valence-corrected chi connectivity index (χ3v) is 7.64. The van der Waals surface area contributed by atoms with Crippen molar-refractivity contribution in [2.45, 2.75) is 57.0 Å². The lowest BCUT2D eigenvalue weighted by Gasteiger charge is -2.49. The Hall–Kier alpha value is -0.950. The zero-order valence-electron chi connectivity index (χ0n) is 15.6. The van der Waals surface area contributed by atoms with E-state index in [2.05, 4.69) is 45.7 Å². The van der Waals surface area contributed by atoms with Gasteiger partial charge >= 0.3 is 0 Å². The van der Waals surface area contributed by atoms with E-state index in [1.807, 2.05) is 11.0 Å². The van der Waals surface area contributed by atoms with Gasteiger partial charge < -0.3 is 4.90 Å². The number of anilines is 1. The number of alkyl halides is 1. The predicted octanol–water partition coefficient (Wildman–Crippen LogP) is 3.56. The van der Waals surface area contributed by atoms with E-state index in [-0.39, 0.29) is 29.3 Å². The maximum absolute atomic E-state index is 12.6. The highest BCUT2D eigenvalue weighted by Crippen LogP contribution is 2.59. The molecule has 0 aromatic heterocycles. The van der Waals surface area contributed by atoms with Crippen molar-refractivity contribution in [1.29, 1.82) is 0 Å². The third kappa shape index (κ3) is 2.49. The van der Waals surface area contributed by atoms with Crippen LogP contribution in [0.25, 0.3) is 0 Å². The van der Waals surface area contributed by atoms with Gasteiger partial charge in [0.25, 0.3) is 0 Å². The van der Waals surface area contributed by atoms with Gasteiger partial charge in [0.15, 0.2) is 0 Å². The van der Waals surface area contributed by atoms with Gasteiger partial charge in [0, 0.05) is 40.5 Å². The molecule has 2 heterocycles. The molecule has 1 spiro atoms. The van der Waals surface area contributed by atoms with Crippen molar-refractivity contribution < 1.29 is 9.59 Å². The van der Waals surface area contributed by atoms with Crippen molar-refractivity contribution in [1.82, 2.24) is 4.90 Å². The maximum atomic E-state index is 12.6. The summed E-state index contributed by atoms with van der Waals surface area (Å²) >= 11 is 2.44. The monoisotopic (exact) mass is 466 g/mol. The van der Waals surface area contributed by atoms with Gasteiger partial charge in [-0.05, 0) is 57.3 Å². The molecule has 0 N–H and O–H groups in total. The molecule has 1 aliphatic carbocycles. The molecule has 2 fully saturated rings. The number of para-hydroxylation sites is 1. The molecule has 1 aromatic carbocycles. The van der Waals surface area contributed by atoms with Crippen LogP contribution in [0.15, 0.2) is 24.3 Å². The van der Waals surface area contributed by atoms with Crippen LogP contribution in [0.5, 0.6) is 0 Å². The summed E-state index contributed by atoms with van der Waals surface area (Å²) in [6, 6.07) is 8.86. The van der Waals surface area contributed by atoms with E-state index in [1.54, 1.807) is 13.8 Å². The summed E-state index contributed by atoms with van der Waals surface area (Å²) in [5.74, 6) is 0.529. The lowest BCUT2D eigenvalue weighted by atomic mass is 9.60. The molecule has 1 aromatic rings. The summed E-state index contributed by atoms with van der Waals surface area (Å²) in [6.45, 7) is 5.53. The Kier molecular flexibility index (Phi) is 4.88. The van der Waals surface area contributed by atoms with Gasteiger partial charge in [-0.3, -0.25) is 14.5 Å². The number of likely N-dealkylation sites (tertiary alicyclic amines) is 1. The van der Waals surface area contributed by atoms with Gasteiger partial charge in [-0.1, -0.05) is 40.8 Å². The second-order valence-electron chi connectivity index (χ2n) is 8.03. The number of benzene rings is 1. The van der Waals surface area contributed by atoms with Crippen LogP contribution in [0.4, 0.5) is 5.69 Å². The lowest BCUT2D eigenvalue weighted by molar-refractivity contribution is -0.125. The van der Waals surface area contributed by atoms with Crippen molar-refractivity contribution in [3.63, 3.8) is 0 Å². The zero-order valence-corrected chi connectivity index (χ0v) is 17.7.